The van der Waals surface area contributed by atoms with Crippen LogP contribution in [-0.2, 0) is 9.53 Å². The number of benzene rings is 1. The molecule has 104 valence electrons. The standard InChI is InChI=1S/C14H15N3O3/c18-13(19)7-11-9-17(5-6-20-11)14-12-4-2-1-3-10(12)8-15-16-14/h1-4,8,11H,5-7,9H2,(H,18,19). The molecule has 0 bridgehead atoms. The predicted octanol–water partition coefficient (Wildman–Crippen LogP) is 1.31. The Morgan fingerprint density at radius 1 is 1.45 bits per heavy atom. The van der Waals surface area contributed by atoms with E-state index in [2.05, 4.69) is 10.2 Å². The van der Waals surface area contributed by atoms with Crippen molar-refractivity contribution in [1.82, 2.24) is 10.2 Å². The van der Waals surface area contributed by atoms with Crippen LogP contribution in [0.4, 0.5) is 5.82 Å². The number of aliphatic carboxylic acids is 1. The monoisotopic (exact) mass is 273 g/mol. The van der Waals surface area contributed by atoms with Crippen molar-refractivity contribution >= 4 is 22.6 Å². The number of carboxylic acid groups (broad SMARTS) is 1. The Balaban J connectivity index is 1.88. The molecule has 1 atom stereocenters. The number of morpholine rings is 1. The van der Waals surface area contributed by atoms with E-state index in [0.717, 1.165) is 16.6 Å². The number of nitrogens with zero attached hydrogens (tertiary/aromatic N) is 3. The fourth-order valence-electron chi connectivity index (χ4n) is 2.48. The van der Waals surface area contributed by atoms with Gasteiger partial charge in [0.05, 0.1) is 25.3 Å². The zero-order valence-electron chi connectivity index (χ0n) is 10.9. The molecule has 0 radical (unpaired) electrons. The van der Waals surface area contributed by atoms with Crippen molar-refractivity contribution in [2.75, 3.05) is 24.6 Å². The molecule has 1 fully saturated rings. The molecular formula is C14H15N3O3. The zero-order chi connectivity index (χ0) is 13.9. The number of fused-ring (bicyclic) bond motifs is 1. The van der Waals surface area contributed by atoms with Gasteiger partial charge in [-0.3, -0.25) is 4.79 Å². The van der Waals surface area contributed by atoms with Crippen LogP contribution in [0.25, 0.3) is 10.8 Å². The van der Waals surface area contributed by atoms with E-state index in [1.54, 1.807) is 6.20 Å². The minimum absolute atomic E-state index is 0.00863. The molecule has 1 aliphatic rings. The third kappa shape index (κ3) is 2.55. The average molecular weight is 273 g/mol. The van der Waals surface area contributed by atoms with E-state index < -0.39 is 5.97 Å². The lowest BCUT2D eigenvalue weighted by Gasteiger charge is -2.33. The zero-order valence-corrected chi connectivity index (χ0v) is 10.9. The van der Waals surface area contributed by atoms with Crippen LogP contribution >= 0.6 is 0 Å². The summed E-state index contributed by atoms with van der Waals surface area (Å²) in [7, 11) is 0. The molecule has 2 aromatic rings. The molecule has 1 saturated heterocycles. The molecule has 0 amide bonds. The Morgan fingerprint density at radius 2 is 2.30 bits per heavy atom. The molecule has 20 heavy (non-hydrogen) atoms. The molecule has 2 heterocycles. The number of hydrogen-bond acceptors (Lipinski definition) is 5. The highest BCUT2D eigenvalue weighted by Gasteiger charge is 2.24. The van der Waals surface area contributed by atoms with Crippen molar-refractivity contribution < 1.29 is 14.6 Å². The Bertz CT molecular complexity index is 627. The summed E-state index contributed by atoms with van der Waals surface area (Å²) in [6, 6.07) is 7.91. The number of hydrogen-bond donors (Lipinski definition) is 1. The van der Waals surface area contributed by atoms with Gasteiger partial charge in [-0.2, -0.15) is 5.10 Å². The molecule has 0 spiro atoms. The second kappa shape index (κ2) is 5.42. The highest BCUT2D eigenvalue weighted by Crippen LogP contribution is 2.25. The van der Waals surface area contributed by atoms with Crippen molar-refractivity contribution in [2.24, 2.45) is 0 Å². The molecule has 1 N–H and O–H groups in total. The van der Waals surface area contributed by atoms with Crippen molar-refractivity contribution in [3.63, 3.8) is 0 Å². The normalized spacial score (nSPS) is 19.2. The van der Waals surface area contributed by atoms with E-state index in [9.17, 15) is 4.79 Å². The van der Waals surface area contributed by atoms with Crippen LogP contribution in [0.2, 0.25) is 0 Å². The van der Waals surface area contributed by atoms with Crippen LogP contribution in [-0.4, -0.2) is 47.1 Å². The van der Waals surface area contributed by atoms with Gasteiger partial charge in [0.1, 0.15) is 0 Å². The van der Waals surface area contributed by atoms with Crippen molar-refractivity contribution in [3.8, 4) is 0 Å². The quantitative estimate of drug-likeness (QED) is 0.908. The molecular weight excluding hydrogens is 258 g/mol. The fourth-order valence-corrected chi connectivity index (χ4v) is 2.48. The summed E-state index contributed by atoms with van der Waals surface area (Å²) in [6.07, 6.45) is 1.44. The van der Waals surface area contributed by atoms with Gasteiger partial charge in [-0.05, 0) is 0 Å². The van der Waals surface area contributed by atoms with Crippen LogP contribution in [0, 0.1) is 0 Å². The molecule has 6 heteroatoms. The van der Waals surface area contributed by atoms with Gasteiger partial charge in [-0.25, -0.2) is 0 Å². The third-order valence-electron chi connectivity index (χ3n) is 3.39. The Kier molecular flexibility index (Phi) is 3.47. The van der Waals surface area contributed by atoms with Gasteiger partial charge in [0.15, 0.2) is 5.82 Å². The molecule has 1 aromatic heterocycles. The number of carbonyl (C=O) groups is 1. The molecule has 0 saturated carbocycles. The smallest absolute Gasteiger partial charge is 0.306 e. The number of ether oxygens (including phenoxy) is 1. The van der Waals surface area contributed by atoms with Gasteiger partial charge in [-0.15, -0.1) is 5.10 Å². The first-order valence-electron chi connectivity index (χ1n) is 6.53. The minimum Gasteiger partial charge on any atom is -0.481 e. The summed E-state index contributed by atoms with van der Waals surface area (Å²) < 4.78 is 5.48. The Morgan fingerprint density at radius 3 is 3.15 bits per heavy atom. The van der Waals surface area contributed by atoms with Crippen LogP contribution in [0.1, 0.15) is 6.42 Å². The van der Waals surface area contributed by atoms with E-state index in [-0.39, 0.29) is 12.5 Å². The average Bonchev–Trinajstić information content (AvgIpc) is 2.46. The summed E-state index contributed by atoms with van der Waals surface area (Å²) in [4.78, 5) is 12.8. The van der Waals surface area contributed by atoms with Crippen molar-refractivity contribution in [3.05, 3.63) is 30.5 Å². The van der Waals surface area contributed by atoms with Gasteiger partial charge in [0, 0.05) is 23.9 Å². The van der Waals surface area contributed by atoms with Crippen LogP contribution in [0.15, 0.2) is 30.5 Å². The van der Waals surface area contributed by atoms with Crippen LogP contribution < -0.4 is 4.90 Å². The first kappa shape index (κ1) is 12.8. The van der Waals surface area contributed by atoms with E-state index >= 15 is 0 Å². The lowest BCUT2D eigenvalue weighted by atomic mass is 10.1. The molecule has 3 rings (SSSR count). The van der Waals surface area contributed by atoms with Crippen molar-refractivity contribution in [2.45, 2.75) is 12.5 Å². The highest BCUT2D eigenvalue weighted by atomic mass is 16.5. The third-order valence-corrected chi connectivity index (χ3v) is 3.39. The molecule has 6 nitrogen and oxygen atoms in total. The second-order valence-electron chi connectivity index (χ2n) is 4.79. The molecule has 1 aromatic carbocycles. The van der Waals surface area contributed by atoms with Crippen molar-refractivity contribution in [1.29, 1.82) is 0 Å². The maximum atomic E-state index is 10.8. The number of anilines is 1. The lowest BCUT2D eigenvalue weighted by molar-refractivity contribution is -0.140. The van der Waals surface area contributed by atoms with E-state index in [4.69, 9.17) is 9.84 Å². The van der Waals surface area contributed by atoms with Gasteiger partial charge >= 0.3 is 5.97 Å². The van der Waals surface area contributed by atoms with E-state index in [1.807, 2.05) is 29.2 Å². The summed E-state index contributed by atoms with van der Waals surface area (Å²) in [5, 5.41) is 19.2. The fraction of sp³-hybridized carbons (Fsp3) is 0.357. The number of carboxylic acids is 1. The topological polar surface area (TPSA) is 75.5 Å². The van der Waals surface area contributed by atoms with Gasteiger partial charge < -0.3 is 14.7 Å². The number of rotatable bonds is 3. The second-order valence-corrected chi connectivity index (χ2v) is 4.79. The van der Waals surface area contributed by atoms with Gasteiger partial charge in [0.2, 0.25) is 0 Å². The summed E-state index contributed by atoms with van der Waals surface area (Å²) in [6.45, 7) is 1.72. The van der Waals surface area contributed by atoms with Crippen LogP contribution in [0.3, 0.4) is 0 Å². The number of aromatic nitrogens is 2. The van der Waals surface area contributed by atoms with Gasteiger partial charge in [-0.1, -0.05) is 24.3 Å². The maximum Gasteiger partial charge on any atom is 0.306 e. The lowest BCUT2D eigenvalue weighted by Crippen LogP contribution is -2.43. The molecule has 1 aliphatic heterocycles. The first-order valence-corrected chi connectivity index (χ1v) is 6.53. The summed E-state index contributed by atoms with van der Waals surface area (Å²) >= 11 is 0. The molecule has 0 aliphatic carbocycles. The molecule has 1 unspecified atom stereocenters. The Labute approximate surface area is 116 Å². The summed E-state index contributed by atoms with van der Waals surface area (Å²) in [5.41, 5.74) is 0. The summed E-state index contributed by atoms with van der Waals surface area (Å²) in [5.74, 6) is -0.0531. The largest absolute Gasteiger partial charge is 0.481 e. The Hall–Kier alpha value is -2.21. The van der Waals surface area contributed by atoms with Crippen LogP contribution in [0.5, 0.6) is 0 Å². The minimum atomic E-state index is -0.846. The highest BCUT2D eigenvalue weighted by molar-refractivity contribution is 5.91. The van der Waals surface area contributed by atoms with E-state index in [0.29, 0.717) is 19.7 Å². The van der Waals surface area contributed by atoms with E-state index in [1.165, 1.54) is 0 Å². The predicted molar refractivity (Wildman–Crippen MR) is 73.7 cm³/mol. The van der Waals surface area contributed by atoms with Gasteiger partial charge in [0.25, 0.3) is 0 Å². The maximum absolute atomic E-state index is 10.8. The SMILES string of the molecule is O=C(O)CC1CN(c2nncc3ccccc23)CCO1. The first-order chi connectivity index (χ1) is 9.74.